The monoisotopic (exact) mass is 220 g/mol. The summed E-state index contributed by atoms with van der Waals surface area (Å²) in [6.07, 6.45) is 3.33. The van der Waals surface area contributed by atoms with Crippen LogP contribution in [0.3, 0.4) is 0 Å². The Labute approximate surface area is 94.5 Å². The van der Waals surface area contributed by atoms with E-state index in [1.807, 2.05) is 17.7 Å². The minimum Gasteiger partial charge on any atom is -0.472 e. The number of nitrogens with zero attached hydrogens (tertiary/aromatic N) is 2. The van der Waals surface area contributed by atoms with Crippen LogP contribution in [-0.2, 0) is 13.0 Å². The van der Waals surface area contributed by atoms with Crippen molar-refractivity contribution in [3.8, 4) is 0 Å². The number of hydrogen-bond acceptors (Lipinski definition) is 3. The molecule has 1 atom stereocenters. The maximum absolute atomic E-state index is 10.2. The highest BCUT2D eigenvalue weighted by molar-refractivity contribution is 5.23. The van der Waals surface area contributed by atoms with Crippen LogP contribution in [0.15, 0.2) is 29.1 Å². The molecule has 0 bridgehead atoms. The van der Waals surface area contributed by atoms with Crippen molar-refractivity contribution in [3.63, 3.8) is 0 Å². The summed E-state index contributed by atoms with van der Waals surface area (Å²) in [4.78, 5) is 0. The van der Waals surface area contributed by atoms with Crippen molar-refractivity contribution in [3.05, 3.63) is 41.6 Å². The second-order valence-electron chi connectivity index (χ2n) is 3.69. The van der Waals surface area contributed by atoms with Gasteiger partial charge in [0.15, 0.2) is 0 Å². The van der Waals surface area contributed by atoms with E-state index >= 15 is 0 Å². The van der Waals surface area contributed by atoms with Gasteiger partial charge in [0.05, 0.1) is 23.9 Å². The average molecular weight is 220 g/mol. The summed E-state index contributed by atoms with van der Waals surface area (Å²) in [6, 6.07) is 3.71. The number of aliphatic hydroxyl groups is 1. The van der Waals surface area contributed by atoms with Crippen molar-refractivity contribution >= 4 is 0 Å². The fourth-order valence-corrected chi connectivity index (χ4v) is 1.73. The van der Waals surface area contributed by atoms with Gasteiger partial charge >= 0.3 is 0 Å². The van der Waals surface area contributed by atoms with Gasteiger partial charge in [0.2, 0.25) is 0 Å². The van der Waals surface area contributed by atoms with E-state index in [0.717, 1.165) is 29.9 Å². The zero-order valence-electron chi connectivity index (χ0n) is 9.55. The van der Waals surface area contributed by atoms with Crippen LogP contribution in [-0.4, -0.2) is 14.9 Å². The molecule has 0 aliphatic carbocycles. The minimum absolute atomic E-state index is 0.661. The molecular formula is C12H16N2O2. The molecule has 16 heavy (non-hydrogen) atoms. The highest BCUT2D eigenvalue weighted by Gasteiger charge is 2.17. The lowest BCUT2D eigenvalue weighted by atomic mass is 10.1. The molecule has 2 rings (SSSR count). The summed E-state index contributed by atoms with van der Waals surface area (Å²) in [6.45, 7) is 4.82. The Morgan fingerprint density at radius 3 is 2.88 bits per heavy atom. The smallest absolute Gasteiger partial charge is 0.124 e. The van der Waals surface area contributed by atoms with Crippen molar-refractivity contribution < 1.29 is 9.52 Å². The fourth-order valence-electron chi connectivity index (χ4n) is 1.73. The molecule has 0 saturated heterocycles. The molecular weight excluding hydrogens is 204 g/mol. The van der Waals surface area contributed by atoms with Crippen molar-refractivity contribution in [1.82, 2.24) is 9.78 Å². The van der Waals surface area contributed by atoms with Crippen LogP contribution in [0.5, 0.6) is 0 Å². The molecule has 0 aliphatic heterocycles. The number of rotatable bonds is 4. The molecule has 0 aromatic carbocycles. The lowest BCUT2D eigenvalue weighted by Gasteiger charge is -2.09. The molecule has 1 unspecified atom stereocenters. The number of furan rings is 1. The van der Waals surface area contributed by atoms with Crippen LogP contribution in [0.1, 0.15) is 36.9 Å². The summed E-state index contributed by atoms with van der Waals surface area (Å²) in [5.74, 6) is 0. The van der Waals surface area contributed by atoms with Gasteiger partial charge in [0.25, 0.3) is 0 Å². The molecule has 4 heteroatoms. The maximum Gasteiger partial charge on any atom is 0.124 e. The summed E-state index contributed by atoms with van der Waals surface area (Å²) < 4.78 is 6.80. The quantitative estimate of drug-likeness (QED) is 0.858. The fraction of sp³-hybridized carbons (Fsp3) is 0.417. The summed E-state index contributed by atoms with van der Waals surface area (Å²) >= 11 is 0. The van der Waals surface area contributed by atoms with Gasteiger partial charge in [-0.1, -0.05) is 6.92 Å². The first-order chi connectivity index (χ1) is 7.76. The van der Waals surface area contributed by atoms with Crippen molar-refractivity contribution in [2.75, 3.05) is 0 Å². The molecule has 0 spiro atoms. The van der Waals surface area contributed by atoms with Gasteiger partial charge in [0.1, 0.15) is 6.10 Å². The maximum atomic E-state index is 10.2. The standard InChI is InChI=1S/C12H16N2O2/c1-3-10-7-11(14(4-2)13-10)12(15)9-5-6-16-8-9/h5-8,12,15H,3-4H2,1-2H3. The van der Waals surface area contributed by atoms with E-state index in [2.05, 4.69) is 12.0 Å². The second-order valence-corrected chi connectivity index (χ2v) is 3.69. The van der Waals surface area contributed by atoms with Crippen molar-refractivity contribution in [2.45, 2.75) is 32.9 Å². The minimum atomic E-state index is -0.661. The Kier molecular flexibility index (Phi) is 3.10. The SMILES string of the molecule is CCc1cc(C(O)c2ccoc2)n(CC)n1. The molecule has 4 nitrogen and oxygen atoms in total. The van der Waals surface area contributed by atoms with E-state index in [-0.39, 0.29) is 0 Å². The summed E-state index contributed by atoms with van der Waals surface area (Å²) in [5, 5.41) is 14.6. The molecule has 1 N–H and O–H groups in total. The van der Waals surface area contributed by atoms with Crippen LogP contribution in [0.4, 0.5) is 0 Å². The van der Waals surface area contributed by atoms with E-state index in [0.29, 0.717) is 0 Å². The number of aliphatic hydroxyl groups excluding tert-OH is 1. The molecule has 0 radical (unpaired) electrons. The van der Waals surface area contributed by atoms with E-state index in [4.69, 9.17) is 4.42 Å². The Morgan fingerprint density at radius 2 is 2.31 bits per heavy atom. The molecule has 0 saturated carbocycles. The molecule has 2 heterocycles. The molecule has 0 fully saturated rings. The Balaban J connectivity index is 2.35. The third kappa shape index (κ3) is 1.88. The first kappa shape index (κ1) is 11.0. The topological polar surface area (TPSA) is 51.2 Å². The first-order valence-electron chi connectivity index (χ1n) is 5.53. The largest absolute Gasteiger partial charge is 0.472 e. The summed E-state index contributed by atoms with van der Waals surface area (Å²) in [7, 11) is 0. The van der Waals surface area contributed by atoms with Crippen LogP contribution in [0.25, 0.3) is 0 Å². The highest BCUT2D eigenvalue weighted by Crippen LogP contribution is 2.23. The number of hydrogen-bond donors (Lipinski definition) is 1. The van der Waals surface area contributed by atoms with Crippen LogP contribution >= 0.6 is 0 Å². The first-order valence-corrected chi connectivity index (χ1v) is 5.53. The van der Waals surface area contributed by atoms with E-state index < -0.39 is 6.10 Å². The van der Waals surface area contributed by atoms with Gasteiger partial charge in [-0.05, 0) is 25.5 Å². The van der Waals surface area contributed by atoms with Crippen molar-refractivity contribution in [1.29, 1.82) is 0 Å². The third-order valence-electron chi connectivity index (χ3n) is 2.66. The van der Waals surface area contributed by atoms with Gasteiger partial charge < -0.3 is 9.52 Å². The molecule has 2 aromatic rings. The molecule has 0 amide bonds. The molecule has 2 aromatic heterocycles. The van der Waals surface area contributed by atoms with Crippen LogP contribution < -0.4 is 0 Å². The summed E-state index contributed by atoms with van der Waals surface area (Å²) in [5.41, 5.74) is 2.58. The van der Waals surface area contributed by atoms with Gasteiger partial charge in [0, 0.05) is 12.1 Å². The molecule has 0 aliphatic rings. The third-order valence-corrected chi connectivity index (χ3v) is 2.66. The second kappa shape index (κ2) is 4.53. The van der Waals surface area contributed by atoms with E-state index in [1.165, 1.54) is 0 Å². The van der Waals surface area contributed by atoms with Crippen LogP contribution in [0, 0.1) is 0 Å². The predicted molar refractivity (Wildman–Crippen MR) is 60.0 cm³/mol. The van der Waals surface area contributed by atoms with Crippen LogP contribution in [0.2, 0.25) is 0 Å². The highest BCUT2D eigenvalue weighted by atomic mass is 16.3. The Hall–Kier alpha value is -1.55. The van der Waals surface area contributed by atoms with Crippen molar-refractivity contribution in [2.24, 2.45) is 0 Å². The Bertz CT molecular complexity index is 446. The van der Waals surface area contributed by atoms with Gasteiger partial charge in [-0.15, -0.1) is 0 Å². The average Bonchev–Trinajstić information content (AvgIpc) is 2.96. The molecule has 86 valence electrons. The van der Waals surface area contributed by atoms with E-state index in [1.54, 1.807) is 18.6 Å². The zero-order valence-corrected chi connectivity index (χ0v) is 9.55. The number of aromatic nitrogens is 2. The normalized spacial score (nSPS) is 12.9. The zero-order chi connectivity index (χ0) is 11.5. The van der Waals surface area contributed by atoms with Gasteiger partial charge in [-0.3, -0.25) is 4.68 Å². The Morgan fingerprint density at radius 1 is 1.50 bits per heavy atom. The van der Waals surface area contributed by atoms with E-state index in [9.17, 15) is 5.11 Å². The lowest BCUT2D eigenvalue weighted by Crippen LogP contribution is -2.08. The predicted octanol–water partition coefficient (Wildman–Crippen LogP) is 2.14. The van der Waals surface area contributed by atoms with Gasteiger partial charge in [-0.2, -0.15) is 5.10 Å². The lowest BCUT2D eigenvalue weighted by molar-refractivity contribution is 0.207. The van der Waals surface area contributed by atoms with Gasteiger partial charge in [-0.25, -0.2) is 0 Å². The number of aryl methyl sites for hydroxylation is 2.